The summed E-state index contributed by atoms with van der Waals surface area (Å²) in [6.45, 7) is -2.64. The van der Waals surface area contributed by atoms with Crippen LogP contribution in [-0.2, 0) is 19.4 Å². The molecule has 2 saturated carbocycles. The van der Waals surface area contributed by atoms with Gasteiger partial charge in [-0.05, 0) is 43.9 Å². The zero-order chi connectivity index (χ0) is 27.0. The number of rotatable bonds is 6. The van der Waals surface area contributed by atoms with Crippen LogP contribution in [-0.4, -0.2) is 73.9 Å². The summed E-state index contributed by atoms with van der Waals surface area (Å²) in [4.78, 5) is 28.1. The second-order valence-electron chi connectivity index (χ2n) is 10.4. The Morgan fingerprint density at radius 3 is 2.14 bits per heavy atom. The number of nitrogens with zero attached hydrogens (tertiary/aromatic N) is 3. The van der Waals surface area contributed by atoms with Crippen LogP contribution in [0.3, 0.4) is 0 Å². The van der Waals surface area contributed by atoms with Crippen LogP contribution in [0, 0.1) is 23.2 Å². The maximum Gasteiger partial charge on any atom is 0.282 e. The van der Waals surface area contributed by atoms with Crippen molar-refractivity contribution in [3.63, 3.8) is 0 Å². The Labute approximate surface area is 215 Å². The molecule has 0 unspecified atom stereocenters. The summed E-state index contributed by atoms with van der Waals surface area (Å²) >= 11 is 6.25. The standard InChI is InChI=1S/C23H23ClF4N4O4S/c24-17-5-13(31-9-22(25,26)10-31)1-2-18(17)37(35,36)14-6-15(19(33)30-21(8-29)3-4-21)16(7-14)20(34)32-11-23(27,28)12-32/h1-2,5,14-16H,3-4,6-7,9-12H2,(H,30,33)/t14-,15-,16-/m1/s1. The van der Waals surface area contributed by atoms with Crippen molar-refractivity contribution in [2.24, 2.45) is 11.8 Å². The molecule has 5 rings (SSSR count). The third-order valence-electron chi connectivity index (χ3n) is 7.53. The van der Waals surface area contributed by atoms with Crippen molar-refractivity contribution in [3.8, 4) is 6.07 Å². The first-order valence-corrected chi connectivity index (χ1v) is 13.6. The number of halogens is 5. The number of anilines is 1. The number of amides is 2. The summed E-state index contributed by atoms with van der Waals surface area (Å²) in [6.07, 6.45) is 0.307. The fourth-order valence-corrected chi connectivity index (χ4v) is 7.59. The van der Waals surface area contributed by atoms with E-state index in [2.05, 4.69) is 5.32 Å². The molecule has 1 N–H and O–H groups in total. The molecule has 2 aliphatic carbocycles. The van der Waals surface area contributed by atoms with Crippen molar-refractivity contribution in [2.45, 2.75) is 53.2 Å². The van der Waals surface area contributed by atoms with Crippen molar-refractivity contribution in [3.05, 3.63) is 23.2 Å². The van der Waals surface area contributed by atoms with Gasteiger partial charge in [0.15, 0.2) is 9.84 Å². The third kappa shape index (κ3) is 4.74. The Morgan fingerprint density at radius 1 is 1.03 bits per heavy atom. The van der Waals surface area contributed by atoms with Crippen LogP contribution in [0.25, 0.3) is 0 Å². The van der Waals surface area contributed by atoms with E-state index in [4.69, 9.17) is 11.6 Å². The first-order chi connectivity index (χ1) is 17.2. The highest BCUT2D eigenvalue weighted by molar-refractivity contribution is 7.92. The van der Waals surface area contributed by atoms with Crippen molar-refractivity contribution in [1.29, 1.82) is 5.26 Å². The number of alkyl halides is 4. The molecule has 37 heavy (non-hydrogen) atoms. The van der Waals surface area contributed by atoms with Gasteiger partial charge in [0.25, 0.3) is 11.8 Å². The number of benzene rings is 1. The van der Waals surface area contributed by atoms with Crippen molar-refractivity contribution in [2.75, 3.05) is 31.1 Å². The van der Waals surface area contributed by atoms with Crippen molar-refractivity contribution in [1.82, 2.24) is 10.2 Å². The Balaban J connectivity index is 1.38. The van der Waals surface area contributed by atoms with Crippen LogP contribution >= 0.6 is 11.6 Å². The fourth-order valence-electron chi connectivity index (χ4n) is 5.22. The minimum Gasteiger partial charge on any atom is -0.359 e. The molecule has 2 aliphatic heterocycles. The molecule has 0 radical (unpaired) electrons. The predicted octanol–water partition coefficient (Wildman–Crippen LogP) is 2.61. The second kappa shape index (κ2) is 8.46. The van der Waals surface area contributed by atoms with Gasteiger partial charge in [-0.25, -0.2) is 26.0 Å². The maximum atomic E-state index is 13.5. The molecule has 2 saturated heterocycles. The molecule has 8 nitrogen and oxygen atoms in total. The number of sulfone groups is 1. The zero-order valence-corrected chi connectivity index (χ0v) is 21.0. The van der Waals surface area contributed by atoms with E-state index in [1.807, 2.05) is 6.07 Å². The number of carbonyl (C=O) groups is 2. The smallest absolute Gasteiger partial charge is 0.282 e. The molecule has 14 heteroatoms. The molecule has 0 aromatic heterocycles. The maximum absolute atomic E-state index is 13.5. The van der Waals surface area contributed by atoms with Gasteiger partial charge >= 0.3 is 0 Å². The van der Waals surface area contributed by atoms with Gasteiger partial charge in [-0.2, -0.15) is 5.26 Å². The van der Waals surface area contributed by atoms with E-state index >= 15 is 0 Å². The second-order valence-corrected chi connectivity index (χ2v) is 13.0. The van der Waals surface area contributed by atoms with E-state index in [1.165, 1.54) is 23.1 Å². The molecular formula is C23H23ClF4N4O4S. The average Bonchev–Trinajstić information content (AvgIpc) is 3.39. The van der Waals surface area contributed by atoms with Gasteiger partial charge in [0.05, 0.1) is 59.3 Å². The van der Waals surface area contributed by atoms with Gasteiger partial charge in [0.2, 0.25) is 11.8 Å². The van der Waals surface area contributed by atoms with Crippen molar-refractivity contribution >= 4 is 38.9 Å². The number of likely N-dealkylation sites (tertiary alicyclic amines) is 1. The van der Waals surface area contributed by atoms with Gasteiger partial charge in [0, 0.05) is 5.69 Å². The molecule has 0 spiro atoms. The van der Waals surface area contributed by atoms with E-state index in [0.717, 1.165) is 4.90 Å². The zero-order valence-electron chi connectivity index (χ0n) is 19.4. The summed E-state index contributed by atoms with van der Waals surface area (Å²) in [7, 11) is -4.19. The minimum atomic E-state index is -4.19. The summed E-state index contributed by atoms with van der Waals surface area (Å²) in [5.74, 6) is -9.55. The highest BCUT2D eigenvalue weighted by Crippen LogP contribution is 2.44. The van der Waals surface area contributed by atoms with E-state index < -0.39 is 82.3 Å². The topological polar surface area (TPSA) is 111 Å². The first kappa shape index (κ1) is 26.0. The molecular weight excluding hydrogens is 540 g/mol. The highest BCUT2D eigenvalue weighted by Gasteiger charge is 2.55. The molecule has 2 heterocycles. The molecule has 3 atom stereocenters. The molecule has 1 aromatic rings. The number of nitriles is 1. The van der Waals surface area contributed by atoms with Gasteiger partial charge < -0.3 is 15.1 Å². The SMILES string of the molecule is N#CC1(NC(=O)[C@@H]2C[C@@H](S(=O)(=O)c3ccc(N4CC(F)(F)C4)cc3Cl)C[C@H]2C(=O)N2CC(F)(F)C2)CC1. The predicted molar refractivity (Wildman–Crippen MR) is 123 cm³/mol. The largest absolute Gasteiger partial charge is 0.359 e. The summed E-state index contributed by atoms with van der Waals surface area (Å²) < 4.78 is 80.3. The van der Waals surface area contributed by atoms with E-state index in [0.29, 0.717) is 18.5 Å². The van der Waals surface area contributed by atoms with Gasteiger partial charge in [0.1, 0.15) is 5.54 Å². The number of hydrogen-bond acceptors (Lipinski definition) is 6. The van der Waals surface area contributed by atoms with Crippen LogP contribution in [0.5, 0.6) is 0 Å². The quantitative estimate of drug-likeness (QED) is 0.534. The molecule has 4 aliphatic rings. The molecule has 0 bridgehead atoms. The van der Waals surface area contributed by atoms with Crippen LogP contribution in [0.2, 0.25) is 5.02 Å². The third-order valence-corrected chi connectivity index (χ3v) is 10.2. The summed E-state index contributed by atoms with van der Waals surface area (Å²) in [5, 5.41) is 10.5. The normalized spacial score (nSPS) is 29.0. The van der Waals surface area contributed by atoms with Crippen LogP contribution in [0.4, 0.5) is 23.2 Å². The Morgan fingerprint density at radius 2 is 1.62 bits per heavy atom. The van der Waals surface area contributed by atoms with Crippen molar-refractivity contribution < 1.29 is 35.6 Å². The number of hydrogen-bond donors (Lipinski definition) is 1. The highest BCUT2D eigenvalue weighted by atomic mass is 35.5. The number of carbonyl (C=O) groups excluding carboxylic acids is 2. The van der Waals surface area contributed by atoms with Gasteiger partial charge in [-0.3, -0.25) is 9.59 Å². The Kier molecular flexibility index (Phi) is 5.95. The fraction of sp³-hybridized carbons (Fsp3) is 0.609. The molecule has 1 aromatic carbocycles. The van der Waals surface area contributed by atoms with Gasteiger partial charge in [-0.15, -0.1) is 0 Å². The molecule has 200 valence electrons. The molecule has 4 fully saturated rings. The first-order valence-electron chi connectivity index (χ1n) is 11.7. The van der Waals surface area contributed by atoms with Crippen LogP contribution < -0.4 is 10.2 Å². The van der Waals surface area contributed by atoms with E-state index in [-0.39, 0.29) is 22.8 Å². The lowest BCUT2D eigenvalue weighted by molar-refractivity contribution is -0.171. The van der Waals surface area contributed by atoms with Crippen LogP contribution in [0.15, 0.2) is 23.1 Å². The lowest BCUT2D eigenvalue weighted by Gasteiger charge is -2.40. The summed E-state index contributed by atoms with van der Waals surface area (Å²) in [6, 6.07) is 5.84. The van der Waals surface area contributed by atoms with E-state index in [9.17, 15) is 40.8 Å². The lowest BCUT2D eigenvalue weighted by Crippen LogP contribution is -2.60. The Hall–Kier alpha value is -2.59. The number of nitrogens with one attached hydrogen (secondary N) is 1. The minimum absolute atomic E-state index is 0.188. The monoisotopic (exact) mass is 562 g/mol. The Bertz CT molecular complexity index is 1300. The summed E-state index contributed by atoms with van der Waals surface area (Å²) in [5.41, 5.74) is -0.727. The lowest BCUT2D eigenvalue weighted by atomic mass is 9.92. The van der Waals surface area contributed by atoms with Crippen LogP contribution in [0.1, 0.15) is 25.7 Å². The average molecular weight is 563 g/mol. The molecule has 2 amide bonds. The van der Waals surface area contributed by atoms with Gasteiger partial charge in [-0.1, -0.05) is 11.6 Å². The van der Waals surface area contributed by atoms with E-state index in [1.54, 1.807) is 0 Å².